The average molecular weight is 366 g/mol. The first-order valence-electron chi connectivity index (χ1n) is 9.83. The Morgan fingerprint density at radius 3 is 2.26 bits per heavy atom. The Morgan fingerprint density at radius 1 is 1.07 bits per heavy atom. The Balaban J connectivity index is 1.94. The number of aromatic nitrogens is 1. The van der Waals surface area contributed by atoms with Gasteiger partial charge in [-0.25, -0.2) is 4.98 Å². The summed E-state index contributed by atoms with van der Waals surface area (Å²) in [7, 11) is 0. The van der Waals surface area contributed by atoms with Gasteiger partial charge < -0.3 is 10.2 Å². The van der Waals surface area contributed by atoms with Crippen molar-refractivity contribution >= 4 is 23.5 Å². The van der Waals surface area contributed by atoms with Crippen molar-refractivity contribution in [2.24, 2.45) is 0 Å². The SMILES string of the molecule is CCCN(CCC)c1ccc(NC(=O)/C=C/c2ccc(C(C)C)cc2)cn1. The summed E-state index contributed by atoms with van der Waals surface area (Å²) in [5.74, 6) is 1.31. The second kappa shape index (κ2) is 10.5. The van der Waals surface area contributed by atoms with Gasteiger partial charge in [-0.2, -0.15) is 0 Å². The van der Waals surface area contributed by atoms with Gasteiger partial charge in [0.1, 0.15) is 5.82 Å². The molecule has 1 amide bonds. The van der Waals surface area contributed by atoms with E-state index in [0.29, 0.717) is 11.6 Å². The van der Waals surface area contributed by atoms with Crippen LogP contribution in [0.4, 0.5) is 11.5 Å². The van der Waals surface area contributed by atoms with Gasteiger partial charge in [-0.05, 0) is 48.1 Å². The Morgan fingerprint density at radius 2 is 1.74 bits per heavy atom. The number of hydrogen-bond donors (Lipinski definition) is 1. The van der Waals surface area contributed by atoms with E-state index in [-0.39, 0.29) is 5.91 Å². The molecule has 0 fully saturated rings. The van der Waals surface area contributed by atoms with E-state index >= 15 is 0 Å². The molecule has 0 atom stereocenters. The van der Waals surface area contributed by atoms with Gasteiger partial charge in [-0.3, -0.25) is 4.79 Å². The fourth-order valence-electron chi connectivity index (χ4n) is 2.88. The van der Waals surface area contributed by atoms with Crippen molar-refractivity contribution in [3.63, 3.8) is 0 Å². The summed E-state index contributed by atoms with van der Waals surface area (Å²) >= 11 is 0. The van der Waals surface area contributed by atoms with Crippen LogP contribution < -0.4 is 10.2 Å². The molecule has 27 heavy (non-hydrogen) atoms. The third-order valence-corrected chi connectivity index (χ3v) is 4.36. The van der Waals surface area contributed by atoms with E-state index in [4.69, 9.17) is 0 Å². The molecule has 0 unspecified atom stereocenters. The Kier molecular flexibility index (Phi) is 8.05. The number of benzene rings is 1. The van der Waals surface area contributed by atoms with Crippen LogP contribution in [0, 0.1) is 0 Å². The van der Waals surface area contributed by atoms with E-state index in [1.807, 2.05) is 30.3 Å². The molecule has 4 heteroatoms. The summed E-state index contributed by atoms with van der Waals surface area (Å²) in [6.45, 7) is 10.7. The number of pyridine rings is 1. The normalized spacial score (nSPS) is 11.1. The summed E-state index contributed by atoms with van der Waals surface area (Å²) in [5.41, 5.74) is 3.01. The lowest BCUT2D eigenvalue weighted by molar-refractivity contribution is -0.111. The molecule has 4 nitrogen and oxygen atoms in total. The monoisotopic (exact) mass is 365 g/mol. The van der Waals surface area contributed by atoms with Gasteiger partial charge in [0, 0.05) is 19.2 Å². The van der Waals surface area contributed by atoms with E-state index in [1.165, 1.54) is 5.56 Å². The van der Waals surface area contributed by atoms with E-state index < -0.39 is 0 Å². The maximum absolute atomic E-state index is 12.1. The first-order valence-corrected chi connectivity index (χ1v) is 9.83. The standard InChI is InChI=1S/C23H31N3O/c1-5-15-26(16-6-2)22-13-12-21(17-24-22)25-23(27)14-9-19-7-10-20(11-8-19)18(3)4/h7-14,17-18H,5-6,15-16H2,1-4H3,(H,25,27)/b14-9+. The number of nitrogens with zero attached hydrogens (tertiary/aromatic N) is 2. The fourth-order valence-corrected chi connectivity index (χ4v) is 2.88. The van der Waals surface area contributed by atoms with Crippen molar-refractivity contribution in [2.75, 3.05) is 23.3 Å². The van der Waals surface area contributed by atoms with Crippen molar-refractivity contribution in [3.8, 4) is 0 Å². The summed E-state index contributed by atoms with van der Waals surface area (Å²) in [5, 5.41) is 2.87. The molecule has 0 bridgehead atoms. The molecule has 0 aliphatic heterocycles. The average Bonchev–Trinajstić information content (AvgIpc) is 2.67. The van der Waals surface area contributed by atoms with Crippen LogP contribution in [-0.2, 0) is 4.79 Å². The summed E-state index contributed by atoms with van der Waals surface area (Å²) < 4.78 is 0. The quantitative estimate of drug-likeness (QED) is 0.598. The van der Waals surface area contributed by atoms with Crippen LogP contribution in [0.2, 0.25) is 0 Å². The van der Waals surface area contributed by atoms with Crippen LogP contribution >= 0.6 is 0 Å². The van der Waals surface area contributed by atoms with Crippen LogP contribution in [0.25, 0.3) is 6.08 Å². The molecule has 1 heterocycles. The zero-order valence-electron chi connectivity index (χ0n) is 16.9. The Bertz CT molecular complexity index is 727. The van der Waals surface area contributed by atoms with Gasteiger partial charge in [-0.15, -0.1) is 0 Å². The molecule has 0 spiro atoms. The van der Waals surface area contributed by atoms with Gasteiger partial charge in [0.15, 0.2) is 0 Å². The third-order valence-electron chi connectivity index (χ3n) is 4.36. The van der Waals surface area contributed by atoms with Crippen LogP contribution in [0.5, 0.6) is 0 Å². The molecule has 0 saturated carbocycles. The minimum absolute atomic E-state index is 0.156. The maximum Gasteiger partial charge on any atom is 0.248 e. The number of carbonyl (C=O) groups excluding carboxylic acids is 1. The van der Waals surface area contributed by atoms with Gasteiger partial charge in [-0.1, -0.05) is 52.0 Å². The predicted molar refractivity (Wildman–Crippen MR) is 115 cm³/mol. The largest absolute Gasteiger partial charge is 0.357 e. The Labute approximate surface area is 163 Å². The van der Waals surface area contributed by atoms with Crippen LogP contribution in [0.3, 0.4) is 0 Å². The highest BCUT2D eigenvalue weighted by Crippen LogP contribution is 2.16. The third kappa shape index (κ3) is 6.55. The maximum atomic E-state index is 12.1. The van der Waals surface area contributed by atoms with Crippen molar-refractivity contribution < 1.29 is 4.79 Å². The molecular weight excluding hydrogens is 334 g/mol. The fraction of sp³-hybridized carbons (Fsp3) is 0.391. The predicted octanol–water partition coefficient (Wildman–Crippen LogP) is 5.48. The van der Waals surface area contributed by atoms with E-state index in [0.717, 1.165) is 37.3 Å². The van der Waals surface area contributed by atoms with Crippen molar-refractivity contribution in [2.45, 2.75) is 46.5 Å². The minimum Gasteiger partial charge on any atom is -0.357 e. The highest BCUT2D eigenvalue weighted by molar-refractivity contribution is 6.01. The summed E-state index contributed by atoms with van der Waals surface area (Å²) in [6, 6.07) is 12.1. The van der Waals surface area contributed by atoms with Gasteiger partial charge in [0.05, 0.1) is 11.9 Å². The highest BCUT2D eigenvalue weighted by Gasteiger charge is 2.06. The first-order chi connectivity index (χ1) is 13.0. The first kappa shape index (κ1) is 20.7. The number of anilines is 2. The second-order valence-electron chi connectivity index (χ2n) is 7.04. The number of nitrogens with one attached hydrogen (secondary N) is 1. The number of carbonyl (C=O) groups is 1. The van der Waals surface area contributed by atoms with Crippen LogP contribution in [0.15, 0.2) is 48.7 Å². The van der Waals surface area contributed by atoms with Crippen LogP contribution in [0.1, 0.15) is 57.6 Å². The van der Waals surface area contributed by atoms with Crippen LogP contribution in [-0.4, -0.2) is 24.0 Å². The van der Waals surface area contributed by atoms with Gasteiger partial charge >= 0.3 is 0 Å². The number of amides is 1. The minimum atomic E-state index is -0.156. The molecule has 1 N–H and O–H groups in total. The summed E-state index contributed by atoms with van der Waals surface area (Å²) in [4.78, 5) is 18.9. The second-order valence-corrected chi connectivity index (χ2v) is 7.04. The smallest absolute Gasteiger partial charge is 0.248 e. The lowest BCUT2D eigenvalue weighted by Crippen LogP contribution is -2.25. The molecule has 2 aromatic rings. The zero-order valence-corrected chi connectivity index (χ0v) is 16.9. The molecule has 2 rings (SSSR count). The molecule has 144 valence electrons. The van der Waals surface area contributed by atoms with Gasteiger partial charge in [0.25, 0.3) is 0 Å². The molecule has 0 aliphatic carbocycles. The number of hydrogen-bond acceptors (Lipinski definition) is 3. The van der Waals surface area contributed by atoms with E-state index in [2.05, 4.69) is 55.0 Å². The van der Waals surface area contributed by atoms with Crippen molar-refractivity contribution in [1.29, 1.82) is 0 Å². The van der Waals surface area contributed by atoms with Gasteiger partial charge in [0.2, 0.25) is 5.91 Å². The zero-order chi connectivity index (χ0) is 19.6. The molecular formula is C23H31N3O. The Hall–Kier alpha value is -2.62. The molecule has 0 saturated heterocycles. The molecule has 0 aliphatic rings. The molecule has 1 aromatic carbocycles. The highest BCUT2D eigenvalue weighted by atomic mass is 16.1. The molecule has 1 aromatic heterocycles. The lowest BCUT2D eigenvalue weighted by Gasteiger charge is -2.22. The number of rotatable bonds is 9. The summed E-state index contributed by atoms with van der Waals surface area (Å²) in [6.07, 6.45) is 7.27. The lowest BCUT2D eigenvalue weighted by atomic mass is 10.0. The molecule has 0 radical (unpaired) electrons. The van der Waals surface area contributed by atoms with Crippen molar-refractivity contribution in [3.05, 3.63) is 59.8 Å². The van der Waals surface area contributed by atoms with Crippen molar-refractivity contribution in [1.82, 2.24) is 4.98 Å². The van der Waals surface area contributed by atoms with E-state index in [1.54, 1.807) is 12.3 Å². The van der Waals surface area contributed by atoms with E-state index in [9.17, 15) is 4.79 Å². The topological polar surface area (TPSA) is 45.2 Å².